The van der Waals surface area contributed by atoms with E-state index in [-0.39, 0.29) is 19.1 Å². The molecule has 8 nitrogen and oxygen atoms in total. The van der Waals surface area contributed by atoms with E-state index in [0.717, 1.165) is 32.1 Å². The number of hydrogen-bond acceptors (Lipinski definition) is 5. The molecule has 3 atom stereocenters. The van der Waals surface area contributed by atoms with Crippen molar-refractivity contribution in [1.82, 2.24) is 5.32 Å². The van der Waals surface area contributed by atoms with Crippen molar-refractivity contribution in [3.05, 3.63) is 12.2 Å². The summed E-state index contributed by atoms with van der Waals surface area (Å²) in [5.41, 5.74) is 0. The van der Waals surface area contributed by atoms with E-state index in [2.05, 4.69) is 19.2 Å². The van der Waals surface area contributed by atoms with Crippen LogP contribution in [0.2, 0.25) is 0 Å². The van der Waals surface area contributed by atoms with Crippen molar-refractivity contribution in [2.45, 2.75) is 386 Å². The maximum atomic E-state index is 13.0. The molecule has 78 heavy (non-hydrogen) atoms. The van der Waals surface area contributed by atoms with Crippen LogP contribution in [0, 0.1) is 0 Å². The predicted octanol–water partition coefficient (Wildman–Crippen LogP) is 22.1. The summed E-state index contributed by atoms with van der Waals surface area (Å²) in [4.78, 5) is 23.4. The number of carbonyl (C=O) groups excluding carboxylic acids is 1. The Morgan fingerprint density at radius 3 is 0.949 bits per heavy atom. The van der Waals surface area contributed by atoms with Crippen LogP contribution in [0.25, 0.3) is 0 Å². The summed E-state index contributed by atoms with van der Waals surface area (Å²) >= 11 is 0. The van der Waals surface area contributed by atoms with Crippen molar-refractivity contribution in [3.8, 4) is 0 Å². The Morgan fingerprint density at radius 2 is 0.679 bits per heavy atom. The quantitative estimate of drug-likeness (QED) is 0.0243. The fourth-order valence-electron chi connectivity index (χ4n) is 11.0. The second-order valence-corrected chi connectivity index (χ2v) is 27.1. The fourth-order valence-corrected chi connectivity index (χ4v) is 11.8. The van der Waals surface area contributed by atoms with Crippen LogP contribution in [0.15, 0.2) is 12.2 Å². The predicted molar refractivity (Wildman–Crippen MR) is 342 cm³/mol. The summed E-state index contributed by atoms with van der Waals surface area (Å²) in [6, 6.07) is -0.843. The van der Waals surface area contributed by atoms with Crippen LogP contribution in [-0.4, -0.2) is 73.4 Å². The Balaban J connectivity index is 3.87. The molecule has 0 aliphatic rings. The number of nitrogens with zero attached hydrogens (tertiary/aromatic N) is 1. The molecule has 0 heterocycles. The topological polar surface area (TPSA) is 105 Å². The summed E-state index contributed by atoms with van der Waals surface area (Å²) in [6.07, 6.45) is 78.1. The number of aliphatic hydroxyl groups is 1. The molecule has 0 aromatic carbocycles. The number of nitrogens with one attached hydrogen (secondary N) is 1. The summed E-state index contributed by atoms with van der Waals surface area (Å²) < 4.78 is 23.8. The number of aliphatic hydroxyl groups excluding tert-OH is 1. The van der Waals surface area contributed by atoms with E-state index in [1.165, 1.54) is 321 Å². The zero-order valence-corrected chi connectivity index (χ0v) is 54.3. The smallest absolute Gasteiger partial charge is 0.387 e. The lowest BCUT2D eigenvalue weighted by atomic mass is 10.0. The second-order valence-electron chi connectivity index (χ2n) is 25.6. The number of phosphoric acid groups is 1. The van der Waals surface area contributed by atoms with Crippen molar-refractivity contribution in [1.29, 1.82) is 0 Å². The Morgan fingerprint density at radius 1 is 0.423 bits per heavy atom. The van der Waals surface area contributed by atoms with Gasteiger partial charge in [0.1, 0.15) is 13.2 Å². The van der Waals surface area contributed by atoms with Gasteiger partial charge in [0.25, 0.3) is 0 Å². The highest BCUT2D eigenvalue weighted by atomic mass is 31.2. The maximum absolute atomic E-state index is 13.0. The zero-order chi connectivity index (χ0) is 57.0. The average molecular weight is 1120 g/mol. The van der Waals surface area contributed by atoms with Crippen molar-refractivity contribution in [3.63, 3.8) is 0 Å². The number of unbranched alkanes of at least 4 members (excludes halogenated alkanes) is 53. The highest BCUT2D eigenvalue weighted by Crippen LogP contribution is 2.43. The third-order valence-electron chi connectivity index (χ3n) is 16.5. The Labute approximate surface area is 488 Å². The fraction of sp³-hybridized carbons (Fsp3) is 0.957. The summed E-state index contributed by atoms with van der Waals surface area (Å²) in [6.45, 7) is 4.88. The lowest BCUT2D eigenvalue weighted by Gasteiger charge is -2.25. The third kappa shape index (κ3) is 62.8. The molecule has 1 amide bonds. The van der Waals surface area contributed by atoms with Crippen LogP contribution in [0.5, 0.6) is 0 Å². The molecule has 0 aromatic rings. The van der Waals surface area contributed by atoms with Gasteiger partial charge in [-0.3, -0.25) is 13.8 Å². The minimum atomic E-state index is -4.35. The molecule has 0 rings (SSSR count). The van der Waals surface area contributed by atoms with Crippen molar-refractivity contribution in [2.75, 3.05) is 40.9 Å². The van der Waals surface area contributed by atoms with Crippen LogP contribution >= 0.6 is 7.82 Å². The van der Waals surface area contributed by atoms with Gasteiger partial charge >= 0.3 is 7.82 Å². The average Bonchev–Trinajstić information content (AvgIpc) is 3.41. The minimum Gasteiger partial charge on any atom is -0.387 e. The van der Waals surface area contributed by atoms with Crippen molar-refractivity contribution >= 4 is 13.7 Å². The number of phosphoric ester groups is 1. The molecule has 0 aromatic heterocycles. The first kappa shape index (κ1) is 77.2. The maximum Gasteiger partial charge on any atom is 0.472 e. The summed E-state index contributed by atoms with van der Waals surface area (Å²) in [7, 11) is 1.59. The molecule has 0 bridgehead atoms. The molecule has 3 N–H and O–H groups in total. The first-order valence-corrected chi connectivity index (χ1v) is 36.6. The van der Waals surface area contributed by atoms with E-state index in [1.807, 2.05) is 27.2 Å². The first-order valence-electron chi connectivity index (χ1n) is 35.1. The van der Waals surface area contributed by atoms with Gasteiger partial charge in [0.05, 0.1) is 39.9 Å². The van der Waals surface area contributed by atoms with Crippen LogP contribution in [0.3, 0.4) is 0 Å². The molecular weight excluding hydrogens is 984 g/mol. The number of carbonyl (C=O) groups is 1. The molecule has 0 aliphatic heterocycles. The number of rotatable bonds is 66. The van der Waals surface area contributed by atoms with E-state index in [9.17, 15) is 19.4 Å². The largest absolute Gasteiger partial charge is 0.472 e. The van der Waals surface area contributed by atoms with Gasteiger partial charge in [-0.15, -0.1) is 0 Å². The van der Waals surface area contributed by atoms with Crippen molar-refractivity contribution < 1.29 is 32.9 Å². The lowest BCUT2D eigenvalue weighted by Crippen LogP contribution is -2.45. The minimum absolute atomic E-state index is 0.0653. The van der Waals surface area contributed by atoms with E-state index in [0.29, 0.717) is 17.4 Å². The van der Waals surface area contributed by atoms with E-state index >= 15 is 0 Å². The molecule has 0 fully saturated rings. The standard InChI is InChI=1S/C69H139N2O6P/c1-6-8-10-12-14-16-18-20-22-24-25-26-27-28-29-30-31-32-33-34-35-36-37-38-39-40-41-42-43-44-45-47-49-51-53-55-57-59-61-63-69(73)70-67(66-77-78(74,75)76-65-64-71(3,4)5)68(72)62-60-58-56-54-52-50-48-46-23-21-19-17-15-13-11-9-7-2/h60,62,67-68,72H,6-59,61,63-66H2,1-5H3,(H-,70,73,74,75)/p+1/b62-60+. The Hall–Kier alpha value is -0.760. The summed E-state index contributed by atoms with van der Waals surface area (Å²) in [5, 5.41) is 14.0. The number of likely N-dealkylation sites (N-methyl/N-ethyl adjacent to an activating group) is 1. The van der Waals surface area contributed by atoms with E-state index in [1.54, 1.807) is 6.08 Å². The molecule has 0 radical (unpaired) electrons. The molecule has 466 valence electrons. The zero-order valence-electron chi connectivity index (χ0n) is 53.5. The van der Waals surface area contributed by atoms with Crippen LogP contribution in [0.1, 0.15) is 373 Å². The lowest BCUT2D eigenvalue weighted by molar-refractivity contribution is -0.870. The van der Waals surface area contributed by atoms with Gasteiger partial charge in [-0.05, 0) is 19.3 Å². The highest BCUT2D eigenvalue weighted by Gasteiger charge is 2.28. The third-order valence-corrected chi connectivity index (χ3v) is 17.5. The van der Waals surface area contributed by atoms with E-state index in [4.69, 9.17) is 9.05 Å². The normalized spacial score (nSPS) is 13.7. The number of allylic oxidation sites excluding steroid dienone is 1. The van der Waals surface area contributed by atoms with Crippen LogP contribution < -0.4 is 5.32 Å². The SMILES string of the molecule is CCCCCCCCCCCCCCCCC/C=C/C(O)C(COP(=O)(O)OCC[N+](C)(C)C)NC(=O)CCCCCCCCCCCCCCCCCCCCCCCCCCCCCCCCCCCCCCCCC. The molecule has 3 unspecified atom stereocenters. The highest BCUT2D eigenvalue weighted by molar-refractivity contribution is 7.47. The molecule has 9 heteroatoms. The first-order chi connectivity index (χ1) is 38.0. The van der Waals surface area contributed by atoms with Gasteiger partial charge in [0.2, 0.25) is 5.91 Å². The Bertz CT molecular complexity index is 1280. The van der Waals surface area contributed by atoms with Gasteiger partial charge in [0, 0.05) is 6.42 Å². The molecule has 0 aliphatic carbocycles. The molecule has 0 spiro atoms. The van der Waals surface area contributed by atoms with Crippen LogP contribution in [0.4, 0.5) is 0 Å². The van der Waals surface area contributed by atoms with E-state index < -0.39 is 20.0 Å². The number of hydrogen-bond donors (Lipinski definition) is 3. The van der Waals surface area contributed by atoms with Gasteiger partial charge in [-0.1, -0.05) is 360 Å². The molecular formula is C69H140N2O6P+. The monoisotopic (exact) mass is 1120 g/mol. The van der Waals surface area contributed by atoms with Gasteiger partial charge in [-0.25, -0.2) is 4.57 Å². The van der Waals surface area contributed by atoms with Crippen molar-refractivity contribution in [2.24, 2.45) is 0 Å². The van der Waals surface area contributed by atoms with Gasteiger partial charge < -0.3 is 19.8 Å². The molecule has 0 saturated heterocycles. The number of quaternary nitrogens is 1. The van der Waals surface area contributed by atoms with Crippen LogP contribution in [-0.2, 0) is 18.4 Å². The van der Waals surface area contributed by atoms with Gasteiger partial charge in [-0.2, -0.15) is 0 Å². The number of amides is 1. The van der Waals surface area contributed by atoms with Gasteiger partial charge in [0.15, 0.2) is 0 Å². The summed E-state index contributed by atoms with van der Waals surface area (Å²) in [5.74, 6) is -0.168. The Kier molecular flexibility index (Phi) is 60.2. The second kappa shape index (κ2) is 60.8. The molecule has 0 saturated carbocycles.